The van der Waals surface area contributed by atoms with Crippen molar-refractivity contribution in [2.75, 3.05) is 51.8 Å². The van der Waals surface area contributed by atoms with Crippen LogP contribution in [0, 0.1) is 0 Å². The highest BCUT2D eigenvalue weighted by molar-refractivity contribution is 8.00. The molecule has 2 saturated heterocycles. The Balaban J connectivity index is 1.72. The topological polar surface area (TPSA) is 46.1 Å². The molecule has 2 fully saturated rings. The highest BCUT2D eigenvalue weighted by atomic mass is 32.2. The minimum atomic E-state index is 0.306. The summed E-state index contributed by atoms with van der Waals surface area (Å²) in [5.74, 6) is 2.23. The van der Waals surface area contributed by atoms with E-state index in [0.29, 0.717) is 10.9 Å². The van der Waals surface area contributed by atoms with Crippen LogP contribution in [-0.2, 0) is 9.47 Å². The first-order valence-corrected chi connectivity index (χ1v) is 9.96. The number of thioether (sulfide) groups is 1. The molecule has 0 unspecified atom stereocenters. The Morgan fingerprint density at radius 3 is 2.87 bits per heavy atom. The van der Waals surface area contributed by atoms with Crippen molar-refractivity contribution < 1.29 is 9.47 Å². The predicted molar refractivity (Wildman–Crippen MR) is 98.5 cm³/mol. The van der Waals surface area contributed by atoms with Crippen LogP contribution in [0.2, 0.25) is 0 Å². The molecular weight excluding hydrogens is 310 g/mol. The number of hydrogen-bond acceptors (Lipinski definition) is 4. The third-order valence-corrected chi connectivity index (χ3v) is 5.44. The lowest BCUT2D eigenvalue weighted by Crippen LogP contribution is -2.51. The van der Waals surface area contributed by atoms with E-state index in [-0.39, 0.29) is 0 Å². The highest BCUT2D eigenvalue weighted by Crippen LogP contribution is 2.29. The van der Waals surface area contributed by atoms with Crippen LogP contribution in [0.25, 0.3) is 0 Å². The summed E-state index contributed by atoms with van der Waals surface area (Å²) in [5, 5.41) is 3.44. The van der Waals surface area contributed by atoms with E-state index in [1.54, 1.807) is 0 Å². The molecule has 2 rings (SSSR count). The summed E-state index contributed by atoms with van der Waals surface area (Å²) in [6.07, 6.45) is 3.44. The van der Waals surface area contributed by atoms with E-state index in [1.165, 1.54) is 5.75 Å². The van der Waals surface area contributed by atoms with Crippen LogP contribution in [0.3, 0.4) is 0 Å². The van der Waals surface area contributed by atoms with Gasteiger partial charge < -0.3 is 19.7 Å². The lowest BCUT2D eigenvalue weighted by Gasteiger charge is -2.39. The summed E-state index contributed by atoms with van der Waals surface area (Å²) in [6.45, 7) is 13.1. The summed E-state index contributed by atoms with van der Waals surface area (Å²) >= 11 is 2.05. The zero-order chi connectivity index (χ0) is 16.5. The Morgan fingerprint density at radius 1 is 1.39 bits per heavy atom. The van der Waals surface area contributed by atoms with E-state index in [1.807, 2.05) is 0 Å². The van der Waals surface area contributed by atoms with Gasteiger partial charge in [0.05, 0.1) is 6.10 Å². The lowest BCUT2D eigenvalue weighted by molar-refractivity contribution is -0.0318. The van der Waals surface area contributed by atoms with Gasteiger partial charge in [-0.1, -0.05) is 0 Å². The molecule has 0 aromatic carbocycles. The molecule has 6 heteroatoms. The van der Waals surface area contributed by atoms with E-state index >= 15 is 0 Å². The van der Waals surface area contributed by atoms with Gasteiger partial charge in [-0.15, -0.1) is 0 Å². The SMILES string of the molecule is CCNC(=NCCCOC1CCOCC1)N1CCSC(C)(C)C1. The molecule has 0 aromatic rings. The zero-order valence-electron chi connectivity index (χ0n) is 15.0. The van der Waals surface area contributed by atoms with E-state index in [9.17, 15) is 0 Å². The van der Waals surface area contributed by atoms with E-state index in [0.717, 1.165) is 71.2 Å². The maximum atomic E-state index is 5.92. The zero-order valence-corrected chi connectivity index (χ0v) is 15.8. The smallest absolute Gasteiger partial charge is 0.193 e. The first-order chi connectivity index (χ1) is 11.1. The second-order valence-electron chi connectivity index (χ2n) is 6.80. The molecule has 0 aliphatic carbocycles. The Kier molecular flexibility index (Phi) is 7.99. The molecule has 0 spiro atoms. The first kappa shape index (κ1) is 18.9. The standard InChI is InChI=1S/C17H33N3O2S/c1-4-18-16(20-9-13-23-17(2,3)14-20)19-8-5-10-22-15-6-11-21-12-7-15/h15H,4-14H2,1-3H3,(H,18,19). The van der Waals surface area contributed by atoms with Gasteiger partial charge in [-0.25, -0.2) is 0 Å². The normalized spacial score (nSPS) is 23.1. The number of guanidine groups is 1. The van der Waals surface area contributed by atoms with Crippen molar-refractivity contribution in [1.82, 2.24) is 10.2 Å². The molecule has 2 heterocycles. The quantitative estimate of drug-likeness (QED) is 0.456. The van der Waals surface area contributed by atoms with E-state index < -0.39 is 0 Å². The van der Waals surface area contributed by atoms with Crippen LogP contribution >= 0.6 is 11.8 Å². The van der Waals surface area contributed by atoms with Crippen LogP contribution < -0.4 is 5.32 Å². The van der Waals surface area contributed by atoms with Crippen molar-refractivity contribution >= 4 is 17.7 Å². The second-order valence-corrected chi connectivity index (χ2v) is 8.60. The summed E-state index contributed by atoms with van der Waals surface area (Å²) in [5.41, 5.74) is 0. The molecular formula is C17H33N3O2S. The number of nitrogens with one attached hydrogen (secondary N) is 1. The summed E-state index contributed by atoms with van der Waals surface area (Å²) in [6, 6.07) is 0. The number of nitrogens with zero attached hydrogens (tertiary/aromatic N) is 2. The molecule has 23 heavy (non-hydrogen) atoms. The first-order valence-electron chi connectivity index (χ1n) is 8.97. The largest absolute Gasteiger partial charge is 0.381 e. The minimum Gasteiger partial charge on any atom is -0.381 e. The minimum absolute atomic E-state index is 0.306. The van der Waals surface area contributed by atoms with Gasteiger partial charge in [0.15, 0.2) is 5.96 Å². The Labute approximate surface area is 145 Å². The molecule has 1 N–H and O–H groups in total. The molecule has 2 aliphatic heterocycles. The number of ether oxygens (including phenoxy) is 2. The fourth-order valence-electron chi connectivity index (χ4n) is 2.97. The van der Waals surface area contributed by atoms with Crippen LogP contribution in [0.5, 0.6) is 0 Å². The molecule has 0 amide bonds. The summed E-state index contributed by atoms with van der Waals surface area (Å²) < 4.78 is 11.6. The van der Waals surface area contributed by atoms with Crippen LogP contribution in [0.4, 0.5) is 0 Å². The predicted octanol–water partition coefficient (Wildman–Crippen LogP) is 2.37. The molecule has 0 radical (unpaired) electrons. The van der Waals surface area contributed by atoms with Gasteiger partial charge in [0.2, 0.25) is 0 Å². The van der Waals surface area contributed by atoms with Gasteiger partial charge >= 0.3 is 0 Å². The van der Waals surface area contributed by atoms with Crippen molar-refractivity contribution in [1.29, 1.82) is 0 Å². The fraction of sp³-hybridized carbons (Fsp3) is 0.941. The number of hydrogen-bond donors (Lipinski definition) is 1. The second kappa shape index (κ2) is 9.74. The van der Waals surface area contributed by atoms with Crippen molar-refractivity contribution in [3.63, 3.8) is 0 Å². The maximum Gasteiger partial charge on any atom is 0.193 e. The number of aliphatic imine (C=N–C) groups is 1. The van der Waals surface area contributed by atoms with Gasteiger partial charge in [0.1, 0.15) is 0 Å². The van der Waals surface area contributed by atoms with Gasteiger partial charge in [0.25, 0.3) is 0 Å². The van der Waals surface area contributed by atoms with Gasteiger partial charge in [-0.2, -0.15) is 11.8 Å². The fourth-order valence-corrected chi connectivity index (χ4v) is 4.08. The average Bonchev–Trinajstić information content (AvgIpc) is 2.53. The Bertz CT molecular complexity index is 371. The highest BCUT2D eigenvalue weighted by Gasteiger charge is 2.28. The molecule has 0 bridgehead atoms. The monoisotopic (exact) mass is 343 g/mol. The average molecular weight is 344 g/mol. The summed E-state index contributed by atoms with van der Waals surface area (Å²) in [7, 11) is 0. The molecule has 0 aromatic heterocycles. The van der Waals surface area contributed by atoms with Crippen molar-refractivity contribution in [3.8, 4) is 0 Å². The molecule has 0 saturated carbocycles. The maximum absolute atomic E-state index is 5.92. The van der Waals surface area contributed by atoms with Crippen LogP contribution in [-0.4, -0.2) is 73.5 Å². The number of rotatable bonds is 6. The van der Waals surface area contributed by atoms with Gasteiger partial charge in [-0.05, 0) is 40.0 Å². The van der Waals surface area contributed by atoms with Crippen LogP contribution in [0.15, 0.2) is 4.99 Å². The Morgan fingerprint density at radius 2 is 2.17 bits per heavy atom. The van der Waals surface area contributed by atoms with Crippen molar-refractivity contribution in [2.45, 2.75) is 50.9 Å². The third kappa shape index (κ3) is 6.89. The Hall–Kier alpha value is -0.460. The van der Waals surface area contributed by atoms with Crippen molar-refractivity contribution in [3.05, 3.63) is 0 Å². The van der Waals surface area contributed by atoms with E-state index in [4.69, 9.17) is 14.5 Å². The molecule has 2 aliphatic rings. The van der Waals surface area contributed by atoms with Gasteiger partial charge in [0, 0.05) is 56.5 Å². The van der Waals surface area contributed by atoms with Crippen molar-refractivity contribution in [2.24, 2.45) is 4.99 Å². The third-order valence-electron chi connectivity index (χ3n) is 4.15. The van der Waals surface area contributed by atoms with Gasteiger partial charge in [-0.3, -0.25) is 4.99 Å². The van der Waals surface area contributed by atoms with E-state index in [2.05, 4.69) is 42.7 Å². The summed E-state index contributed by atoms with van der Waals surface area (Å²) in [4.78, 5) is 7.20. The van der Waals surface area contributed by atoms with Crippen LogP contribution in [0.1, 0.15) is 40.0 Å². The molecule has 134 valence electrons. The molecule has 5 nitrogen and oxygen atoms in total. The molecule has 0 atom stereocenters. The lowest BCUT2D eigenvalue weighted by atomic mass is 10.1.